The van der Waals surface area contributed by atoms with Gasteiger partial charge in [0.2, 0.25) is 0 Å². The van der Waals surface area contributed by atoms with Gasteiger partial charge in [0.1, 0.15) is 0 Å². The molecule has 3 amide bonds. The molecular formula is C19H20N4O4. The largest absolute Gasteiger partial charge is 0.348 e. The summed E-state index contributed by atoms with van der Waals surface area (Å²) in [5, 5.41) is 16.3. The summed E-state index contributed by atoms with van der Waals surface area (Å²) in [4.78, 5) is 36.3. The lowest BCUT2D eigenvalue weighted by Crippen LogP contribution is -2.32. The maximum Gasteiger partial charge on any atom is 0.321 e. The summed E-state index contributed by atoms with van der Waals surface area (Å²) in [7, 11) is 0. The first-order chi connectivity index (χ1) is 13.0. The third-order valence-electron chi connectivity index (χ3n) is 4.36. The van der Waals surface area contributed by atoms with Gasteiger partial charge in [-0.25, -0.2) is 4.79 Å². The number of hydrogen-bond donors (Lipinski definition) is 2. The Labute approximate surface area is 156 Å². The van der Waals surface area contributed by atoms with Gasteiger partial charge in [0, 0.05) is 43.0 Å². The van der Waals surface area contributed by atoms with Crippen molar-refractivity contribution in [3.63, 3.8) is 0 Å². The predicted molar refractivity (Wildman–Crippen MR) is 101 cm³/mol. The fourth-order valence-electron chi connectivity index (χ4n) is 2.90. The van der Waals surface area contributed by atoms with Crippen molar-refractivity contribution >= 4 is 23.3 Å². The number of urea groups is 1. The fourth-order valence-corrected chi connectivity index (χ4v) is 2.90. The number of rotatable bonds is 5. The summed E-state index contributed by atoms with van der Waals surface area (Å²) < 4.78 is 0. The van der Waals surface area contributed by atoms with Crippen LogP contribution in [0.2, 0.25) is 0 Å². The highest BCUT2D eigenvalue weighted by Gasteiger charge is 2.17. The highest BCUT2D eigenvalue weighted by molar-refractivity contribution is 5.94. The molecular weight excluding hydrogens is 348 g/mol. The number of carbonyl (C=O) groups is 2. The molecule has 0 spiro atoms. The maximum atomic E-state index is 12.2. The van der Waals surface area contributed by atoms with E-state index in [-0.39, 0.29) is 24.2 Å². The van der Waals surface area contributed by atoms with E-state index >= 15 is 0 Å². The summed E-state index contributed by atoms with van der Waals surface area (Å²) in [6.45, 7) is 1.83. The number of nitro groups is 1. The lowest BCUT2D eigenvalue weighted by molar-refractivity contribution is -0.384. The van der Waals surface area contributed by atoms with Gasteiger partial charge in [-0.05, 0) is 42.7 Å². The third kappa shape index (κ3) is 4.81. The number of carbonyl (C=O) groups excluding carboxylic acids is 2. The van der Waals surface area contributed by atoms with Crippen LogP contribution in [0.4, 0.5) is 16.2 Å². The second-order valence-corrected chi connectivity index (χ2v) is 6.31. The minimum Gasteiger partial charge on any atom is -0.348 e. The Balaban J connectivity index is 1.56. The average molecular weight is 368 g/mol. The average Bonchev–Trinajstić information content (AvgIpc) is 3.21. The number of likely N-dealkylation sites (tertiary alicyclic amines) is 1. The lowest BCUT2D eigenvalue weighted by atomic mass is 10.1. The second kappa shape index (κ2) is 8.31. The first kappa shape index (κ1) is 18.4. The summed E-state index contributed by atoms with van der Waals surface area (Å²) >= 11 is 0. The Kier molecular flexibility index (Phi) is 5.65. The van der Waals surface area contributed by atoms with Crippen molar-refractivity contribution in [1.29, 1.82) is 0 Å². The van der Waals surface area contributed by atoms with Crippen LogP contribution in [-0.2, 0) is 6.54 Å². The van der Waals surface area contributed by atoms with E-state index in [1.165, 1.54) is 24.3 Å². The molecule has 0 unspecified atom stereocenters. The smallest absolute Gasteiger partial charge is 0.321 e. The molecule has 2 aromatic rings. The van der Waals surface area contributed by atoms with Gasteiger partial charge in [-0.2, -0.15) is 0 Å². The van der Waals surface area contributed by atoms with Crippen molar-refractivity contribution in [3.05, 3.63) is 69.8 Å². The van der Waals surface area contributed by atoms with Crippen LogP contribution in [0, 0.1) is 10.1 Å². The lowest BCUT2D eigenvalue weighted by Gasteiger charge is -2.16. The van der Waals surface area contributed by atoms with Crippen LogP contribution in [0.1, 0.15) is 28.8 Å². The minimum atomic E-state index is -0.510. The molecule has 0 bridgehead atoms. The first-order valence-electron chi connectivity index (χ1n) is 8.70. The van der Waals surface area contributed by atoms with Crippen LogP contribution in [0.5, 0.6) is 0 Å². The summed E-state index contributed by atoms with van der Waals surface area (Å²) in [6, 6.07) is 12.6. The molecule has 27 heavy (non-hydrogen) atoms. The molecule has 1 aliphatic rings. The molecule has 0 aliphatic carbocycles. The zero-order chi connectivity index (χ0) is 19.2. The van der Waals surface area contributed by atoms with Crippen LogP contribution in [0.25, 0.3) is 0 Å². The van der Waals surface area contributed by atoms with Gasteiger partial charge in [-0.3, -0.25) is 14.9 Å². The van der Waals surface area contributed by atoms with E-state index < -0.39 is 4.92 Å². The molecule has 8 heteroatoms. The molecule has 8 nitrogen and oxygen atoms in total. The van der Waals surface area contributed by atoms with Gasteiger partial charge in [-0.1, -0.05) is 12.1 Å². The Morgan fingerprint density at radius 1 is 1.07 bits per heavy atom. The molecule has 2 N–H and O–H groups in total. The van der Waals surface area contributed by atoms with Crippen molar-refractivity contribution in [2.75, 3.05) is 18.4 Å². The van der Waals surface area contributed by atoms with Gasteiger partial charge in [-0.15, -0.1) is 0 Å². The Hall–Kier alpha value is -3.42. The highest BCUT2D eigenvalue weighted by Crippen LogP contribution is 2.15. The van der Waals surface area contributed by atoms with Crippen molar-refractivity contribution in [1.82, 2.24) is 10.2 Å². The van der Waals surface area contributed by atoms with E-state index in [0.29, 0.717) is 11.3 Å². The van der Waals surface area contributed by atoms with E-state index in [4.69, 9.17) is 0 Å². The number of nitrogens with one attached hydrogen (secondary N) is 2. The number of non-ortho nitro benzene ring substituents is 1. The molecule has 0 aromatic heterocycles. The van der Waals surface area contributed by atoms with Crippen molar-refractivity contribution in [3.8, 4) is 0 Å². The SMILES string of the molecule is O=C(NCc1cccc(NC(=O)N2CCCC2)c1)c1ccc([N+](=O)[O-])cc1. The molecule has 0 atom stereocenters. The summed E-state index contributed by atoms with van der Waals surface area (Å²) in [6.07, 6.45) is 2.06. The van der Waals surface area contributed by atoms with Gasteiger partial charge in [0.25, 0.3) is 11.6 Å². The summed E-state index contributed by atoms with van der Waals surface area (Å²) in [5.74, 6) is -0.323. The molecule has 1 fully saturated rings. The topological polar surface area (TPSA) is 105 Å². The first-order valence-corrected chi connectivity index (χ1v) is 8.70. The number of anilines is 1. The van der Waals surface area contributed by atoms with Gasteiger partial charge in [0.05, 0.1) is 4.92 Å². The van der Waals surface area contributed by atoms with Crippen LogP contribution in [0.15, 0.2) is 48.5 Å². The van der Waals surface area contributed by atoms with Crippen LogP contribution >= 0.6 is 0 Å². The maximum absolute atomic E-state index is 12.2. The van der Waals surface area contributed by atoms with E-state index in [0.717, 1.165) is 31.5 Å². The normalized spacial score (nSPS) is 13.3. The molecule has 3 rings (SSSR count). The van der Waals surface area contributed by atoms with Crippen molar-refractivity contribution in [2.24, 2.45) is 0 Å². The van der Waals surface area contributed by atoms with E-state index in [2.05, 4.69) is 10.6 Å². The van der Waals surface area contributed by atoms with E-state index in [9.17, 15) is 19.7 Å². The number of nitrogens with zero attached hydrogens (tertiary/aromatic N) is 2. The highest BCUT2D eigenvalue weighted by atomic mass is 16.6. The number of hydrogen-bond acceptors (Lipinski definition) is 4. The Bertz CT molecular complexity index is 845. The standard InChI is InChI=1S/C19H20N4O4/c24-18(15-6-8-17(9-7-15)23(26)27)20-13-14-4-3-5-16(12-14)21-19(25)22-10-1-2-11-22/h3-9,12H,1-2,10-11,13H2,(H,20,24)(H,21,25). The van der Waals surface area contributed by atoms with Crippen molar-refractivity contribution in [2.45, 2.75) is 19.4 Å². The predicted octanol–water partition coefficient (Wildman–Crippen LogP) is 3.15. The zero-order valence-corrected chi connectivity index (χ0v) is 14.7. The fraction of sp³-hybridized carbons (Fsp3) is 0.263. The van der Waals surface area contributed by atoms with Crippen LogP contribution < -0.4 is 10.6 Å². The molecule has 0 saturated carbocycles. The zero-order valence-electron chi connectivity index (χ0n) is 14.7. The third-order valence-corrected chi connectivity index (χ3v) is 4.36. The van der Waals surface area contributed by atoms with Gasteiger partial charge >= 0.3 is 6.03 Å². The van der Waals surface area contributed by atoms with Gasteiger partial charge < -0.3 is 15.5 Å². The number of benzene rings is 2. The molecule has 1 heterocycles. The van der Waals surface area contributed by atoms with E-state index in [1.807, 2.05) is 18.2 Å². The Morgan fingerprint density at radius 3 is 2.44 bits per heavy atom. The van der Waals surface area contributed by atoms with Crippen LogP contribution in [-0.4, -0.2) is 34.9 Å². The molecule has 1 aliphatic heterocycles. The van der Waals surface area contributed by atoms with E-state index in [1.54, 1.807) is 11.0 Å². The monoisotopic (exact) mass is 368 g/mol. The number of nitro benzene ring substituents is 1. The van der Waals surface area contributed by atoms with Gasteiger partial charge in [0.15, 0.2) is 0 Å². The number of amides is 3. The van der Waals surface area contributed by atoms with Crippen LogP contribution in [0.3, 0.4) is 0 Å². The minimum absolute atomic E-state index is 0.0620. The molecule has 1 saturated heterocycles. The molecule has 140 valence electrons. The quantitative estimate of drug-likeness (QED) is 0.625. The second-order valence-electron chi connectivity index (χ2n) is 6.31. The summed E-state index contributed by atoms with van der Waals surface area (Å²) in [5.41, 5.74) is 1.80. The molecule has 2 aromatic carbocycles. The molecule has 0 radical (unpaired) electrons. The van der Waals surface area contributed by atoms with Crippen molar-refractivity contribution < 1.29 is 14.5 Å². The Morgan fingerprint density at radius 2 is 1.78 bits per heavy atom.